The molecular weight excluding hydrogens is 348 g/mol. The molecule has 0 atom stereocenters. The number of fused-ring (bicyclic) bond motifs is 1. The van der Waals surface area contributed by atoms with Crippen LogP contribution in [0.4, 0.5) is 11.4 Å². The Morgan fingerprint density at radius 2 is 2.04 bits per heavy atom. The van der Waals surface area contributed by atoms with Gasteiger partial charge in [0.15, 0.2) is 5.69 Å². The van der Waals surface area contributed by atoms with Crippen molar-refractivity contribution in [1.29, 1.82) is 0 Å². The molecule has 0 aliphatic heterocycles. The maximum Gasteiger partial charge on any atom is 0.356 e. The van der Waals surface area contributed by atoms with Gasteiger partial charge >= 0.3 is 5.97 Å². The Bertz CT molecular complexity index is 943. The number of nitrogens with one attached hydrogen (secondary N) is 1. The molecule has 0 aliphatic rings. The summed E-state index contributed by atoms with van der Waals surface area (Å²) in [4.78, 5) is 17.5. The van der Waals surface area contributed by atoms with E-state index in [0.717, 1.165) is 27.4 Å². The van der Waals surface area contributed by atoms with Crippen LogP contribution in [0.25, 0.3) is 10.9 Å². The van der Waals surface area contributed by atoms with Crippen LogP contribution in [0.5, 0.6) is 5.75 Å². The number of carbonyl (C=O) groups excluding carboxylic acids is 1. The van der Waals surface area contributed by atoms with Gasteiger partial charge in [0.05, 0.1) is 24.9 Å². The van der Waals surface area contributed by atoms with E-state index in [9.17, 15) is 4.79 Å². The number of nitrogens with zero attached hydrogens (tertiary/aromatic N) is 1. The van der Waals surface area contributed by atoms with Crippen molar-refractivity contribution in [3.8, 4) is 5.75 Å². The van der Waals surface area contributed by atoms with Gasteiger partial charge in [-0.3, -0.25) is 0 Å². The molecule has 0 fully saturated rings. The van der Waals surface area contributed by atoms with Crippen molar-refractivity contribution in [2.45, 2.75) is 11.8 Å². The number of pyridine rings is 1. The zero-order valence-corrected chi connectivity index (χ0v) is 15.7. The Hall–Kier alpha value is -2.73. The fraction of sp³-hybridized carbons (Fsp3) is 0.200. The van der Waals surface area contributed by atoms with Crippen LogP contribution in [-0.2, 0) is 4.74 Å². The minimum Gasteiger partial charge on any atom is -0.494 e. The second kappa shape index (κ2) is 8.10. The van der Waals surface area contributed by atoms with Gasteiger partial charge < -0.3 is 14.8 Å². The molecule has 0 aliphatic carbocycles. The number of hydrogen-bond donors (Lipinski definition) is 1. The lowest BCUT2D eigenvalue weighted by Gasteiger charge is -2.13. The fourth-order valence-corrected chi connectivity index (χ4v) is 3.09. The quantitative estimate of drug-likeness (QED) is 0.494. The van der Waals surface area contributed by atoms with Gasteiger partial charge in [0.25, 0.3) is 0 Å². The topological polar surface area (TPSA) is 60.5 Å². The number of rotatable bonds is 6. The molecule has 3 rings (SSSR count). The second-order valence-corrected chi connectivity index (χ2v) is 6.40. The molecule has 3 aromatic rings. The number of ether oxygens (including phenoxy) is 2. The molecule has 0 unspecified atom stereocenters. The molecule has 0 radical (unpaired) electrons. The Labute approximate surface area is 156 Å². The monoisotopic (exact) mass is 368 g/mol. The van der Waals surface area contributed by atoms with Crippen molar-refractivity contribution < 1.29 is 14.3 Å². The summed E-state index contributed by atoms with van der Waals surface area (Å²) in [7, 11) is 1.35. The van der Waals surface area contributed by atoms with Gasteiger partial charge in [0.2, 0.25) is 0 Å². The molecular formula is C20H20N2O3S. The Morgan fingerprint density at radius 3 is 2.77 bits per heavy atom. The smallest absolute Gasteiger partial charge is 0.356 e. The lowest BCUT2D eigenvalue weighted by molar-refractivity contribution is 0.0594. The van der Waals surface area contributed by atoms with Crippen LogP contribution in [0.15, 0.2) is 53.4 Å². The molecule has 0 spiro atoms. The van der Waals surface area contributed by atoms with Crippen LogP contribution in [0.3, 0.4) is 0 Å². The number of benzene rings is 2. The fourth-order valence-electron chi connectivity index (χ4n) is 2.63. The zero-order chi connectivity index (χ0) is 18.5. The van der Waals surface area contributed by atoms with Crippen molar-refractivity contribution in [2.24, 2.45) is 0 Å². The van der Waals surface area contributed by atoms with Crippen LogP contribution in [0, 0.1) is 0 Å². The lowest BCUT2D eigenvalue weighted by atomic mass is 10.1. The third-order valence-electron chi connectivity index (χ3n) is 3.83. The molecule has 26 heavy (non-hydrogen) atoms. The summed E-state index contributed by atoms with van der Waals surface area (Å²) in [6.07, 6.45) is 2.03. The number of carbonyl (C=O) groups is 1. The third kappa shape index (κ3) is 3.91. The predicted molar refractivity (Wildman–Crippen MR) is 106 cm³/mol. The van der Waals surface area contributed by atoms with Gasteiger partial charge in [-0.1, -0.05) is 6.07 Å². The maximum absolute atomic E-state index is 12.0. The van der Waals surface area contributed by atoms with E-state index in [1.165, 1.54) is 7.11 Å². The van der Waals surface area contributed by atoms with Crippen molar-refractivity contribution in [2.75, 3.05) is 25.3 Å². The van der Waals surface area contributed by atoms with E-state index in [1.54, 1.807) is 17.8 Å². The number of anilines is 2. The molecule has 0 saturated carbocycles. The van der Waals surface area contributed by atoms with Gasteiger partial charge in [-0.05, 0) is 55.6 Å². The van der Waals surface area contributed by atoms with Gasteiger partial charge in [0.1, 0.15) is 5.75 Å². The van der Waals surface area contributed by atoms with E-state index in [-0.39, 0.29) is 5.69 Å². The molecule has 1 aromatic heterocycles. The van der Waals surface area contributed by atoms with Crippen LogP contribution in [-0.4, -0.2) is 30.9 Å². The van der Waals surface area contributed by atoms with E-state index in [1.807, 2.05) is 49.6 Å². The highest BCUT2D eigenvalue weighted by molar-refractivity contribution is 7.98. The van der Waals surface area contributed by atoms with Crippen LogP contribution in [0.2, 0.25) is 0 Å². The molecule has 2 aromatic carbocycles. The third-order valence-corrected chi connectivity index (χ3v) is 4.56. The molecule has 0 bridgehead atoms. The summed E-state index contributed by atoms with van der Waals surface area (Å²) in [5, 5.41) is 4.27. The first-order valence-electron chi connectivity index (χ1n) is 8.21. The van der Waals surface area contributed by atoms with Crippen LogP contribution in [0.1, 0.15) is 17.4 Å². The van der Waals surface area contributed by atoms with E-state index < -0.39 is 5.97 Å². The van der Waals surface area contributed by atoms with E-state index in [4.69, 9.17) is 9.47 Å². The zero-order valence-electron chi connectivity index (χ0n) is 14.9. The minimum absolute atomic E-state index is 0.257. The highest BCUT2D eigenvalue weighted by Gasteiger charge is 2.13. The summed E-state index contributed by atoms with van der Waals surface area (Å²) >= 11 is 1.67. The number of aromatic nitrogens is 1. The molecule has 134 valence electrons. The summed E-state index contributed by atoms with van der Waals surface area (Å²) < 4.78 is 10.4. The molecule has 1 N–H and O–H groups in total. The second-order valence-electron chi connectivity index (χ2n) is 5.52. The van der Waals surface area contributed by atoms with Crippen molar-refractivity contribution in [3.05, 3.63) is 54.2 Å². The van der Waals surface area contributed by atoms with Gasteiger partial charge in [-0.2, -0.15) is 0 Å². The SMILES string of the molecule is CCOc1ccc2nc(C(=O)OC)cc(Nc3cccc(SC)c3)c2c1. The molecule has 0 amide bonds. The van der Waals surface area contributed by atoms with Crippen molar-refractivity contribution in [3.63, 3.8) is 0 Å². The largest absolute Gasteiger partial charge is 0.494 e. The van der Waals surface area contributed by atoms with Gasteiger partial charge in [-0.15, -0.1) is 11.8 Å². The number of hydrogen-bond acceptors (Lipinski definition) is 6. The number of esters is 1. The first-order chi connectivity index (χ1) is 12.6. The summed E-state index contributed by atoms with van der Waals surface area (Å²) in [6, 6.07) is 15.4. The average Bonchev–Trinajstić information content (AvgIpc) is 2.68. The minimum atomic E-state index is -0.471. The Morgan fingerprint density at radius 1 is 1.19 bits per heavy atom. The average molecular weight is 368 g/mol. The molecule has 5 nitrogen and oxygen atoms in total. The number of thioether (sulfide) groups is 1. The lowest BCUT2D eigenvalue weighted by Crippen LogP contribution is -2.06. The normalized spacial score (nSPS) is 10.6. The van der Waals surface area contributed by atoms with Crippen LogP contribution >= 0.6 is 11.8 Å². The first kappa shape index (κ1) is 18.1. The highest BCUT2D eigenvalue weighted by Crippen LogP contribution is 2.31. The summed E-state index contributed by atoms with van der Waals surface area (Å²) in [6.45, 7) is 2.52. The Kier molecular flexibility index (Phi) is 5.63. The standard InChI is InChI=1S/C20H20N2O3S/c1-4-25-14-8-9-17-16(11-14)18(12-19(22-17)20(23)24-2)21-13-6-5-7-15(10-13)26-3/h5-12H,4H2,1-3H3,(H,21,22). The van der Waals surface area contributed by atoms with E-state index in [2.05, 4.69) is 16.4 Å². The predicted octanol–water partition coefficient (Wildman–Crippen LogP) is 4.89. The Balaban J connectivity index is 2.11. The summed E-state index contributed by atoms with van der Waals surface area (Å²) in [5.74, 6) is 0.287. The van der Waals surface area contributed by atoms with Gasteiger partial charge in [0, 0.05) is 16.0 Å². The van der Waals surface area contributed by atoms with Crippen molar-refractivity contribution >= 4 is 40.0 Å². The maximum atomic E-state index is 12.0. The summed E-state index contributed by atoms with van der Waals surface area (Å²) in [5.41, 5.74) is 2.66. The molecule has 1 heterocycles. The van der Waals surface area contributed by atoms with E-state index in [0.29, 0.717) is 12.1 Å². The van der Waals surface area contributed by atoms with Crippen molar-refractivity contribution in [1.82, 2.24) is 4.98 Å². The molecule has 6 heteroatoms. The highest BCUT2D eigenvalue weighted by atomic mass is 32.2. The van der Waals surface area contributed by atoms with Gasteiger partial charge in [-0.25, -0.2) is 9.78 Å². The van der Waals surface area contributed by atoms with Crippen LogP contribution < -0.4 is 10.1 Å². The molecule has 0 saturated heterocycles. The first-order valence-corrected chi connectivity index (χ1v) is 9.44. The number of methoxy groups -OCH3 is 1. The van der Waals surface area contributed by atoms with E-state index >= 15 is 0 Å².